The lowest BCUT2D eigenvalue weighted by atomic mass is 10.0. The van der Waals surface area contributed by atoms with Crippen LogP contribution in [0.15, 0.2) is 60.8 Å². The van der Waals surface area contributed by atoms with Crippen LogP contribution < -0.4 is 0 Å². The Morgan fingerprint density at radius 3 is 2.57 bits per heavy atom. The van der Waals surface area contributed by atoms with Crippen LogP contribution in [0.3, 0.4) is 0 Å². The van der Waals surface area contributed by atoms with Crippen molar-refractivity contribution in [3.05, 3.63) is 89.1 Å². The number of nitrogens with one attached hydrogen (secondary N) is 1. The van der Waals surface area contributed by atoms with E-state index in [2.05, 4.69) is 10.2 Å². The molecule has 0 unspecified atom stereocenters. The van der Waals surface area contributed by atoms with Gasteiger partial charge in [0.1, 0.15) is 11.4 Å². The van der Waals surface area contributed by atoms with Gasteiger partial charge >= 0.3 is 6.09 Å². The number of aromatic amines is 1. The van der Waals surface area contributed by atoms with Gasteiger partial charge in [-0.05, 0) is 69.9 Å². The fourth-order valence-electron chi connectivity index (χ4n) is 5.27. The quantitative estimate of drug-likeness (QED) is 0.194. The monoisotopic (exact) mass is 576 g/mol. The number of benzene rings is 3. The molecule has 5 aromatic rings. The summed E-state index contributed by atoms with van der Waals surface area (Å²) in [6.07, 6.45) is 1.65. The van der Waals surface area contributed by atoms with Crippen LogP contribution in [0, 0.1) is 18.6 Å². The van der Waals surface area contributed by atoms with Gasteiger partial charge < -0.3 is 14.2 Å². The summed E-state index contributed by atoms with van der Waals surface area (Å²) in [4.78, 5) is 14.1. The van der Waals surface area contributed by atoms with Crippen molar-refractivity contribution in [2.24, 2.45) is 0 Å². The summed E-state index contributed by atoms with van der Waals surface area (Å²) in [7, 11) is 0. The van der Waals surface area contributed by atoms with Crippen LogP contribution in [0.2, 0.25) is 0 Å². The summed E-state index contributed by atoms with van der Waals surface area (Å²) < 4.78 is 52.0. The lowest BCUT2D eigenvalue weighted by Crippen LogP contribution is -2.38. The van der Waals surface area contributed by atoms with Crippen molar-refractivity contribution in [1.82, 2.24) is 19.7 Å². The first kappa shape index (κ1) is 29.2. The van der Waals surface area contributed by atoms with E-state index in [1.165, 1.54) is 11.0 Å². The van der Waals surface area contributed by atoms with Gasteiger partial charge in [-0.1, -0.05) is 36.4 Å². The van der Waals surface area contributed by atoms with E-state index in [-0.39, 0.29) is 31.9 Å². The number of alkyl halides is 1. The van der Waals surface area contributed by atoms with Crippen molar-refractivity contribution in [1.29, 1.82) is 0 Å². The Labute approximate surface area is 243 Å². The second-order valence-electron chi connectivity index (χ2n) is 11.5. The fraction of sp³-hybridized carbons (Fsp3) is 0.333. The van der Waals surface area contributed by atoms with Crippen molar-refractivity contribution < 1.29 is 22.7 Å². The Morgan fingerprint density at radius 2 is 1.86 bits per heavy atom. The number of fused-ring (bicyclic) bond motifs is 3. The normalized spacial score (nSPS) is 11.9. The number of nitrogens with zero attached hydrogens (tertiary/aromatic N) is 3. The number of H-pyrrole nitrogens is 1. The molecule has 1 N–H and O–H groups in total. The average Bonchev–Trinajstić information content (AvgIpc) is 3.52. The second-order valence-corrected chi connectivity index (χ2v) is 11.5. The molecule has 42 heavy (non-hydrogen) atoms. The van der Waals surface area contributed by atoms with Crippen LogP contribution in [-0.2, 0) is 17.7 Å². The van der Waals surface area contributed by atoms with Gasteiger partial charge in [0, 0.05) is 35.0 Å². The summed E-state index contributed by atoms with van der Waals surface area (Å²) in [6, 6.07) is 16.2. The van der Waals surface area contributed by atoms with E-state index in [0.29, 0.717) is 39.5 Å². The highest BCUT2D eigenvalue weighted by atomic mass is 19.1. The average molecular weight is 577 g/mol. The summed E-state index contributed by atoms with van der Waals surface area (Å²) in [6.45, 7) is 7.28. The van der Waals surface area contributed by atoms with Crippen LogP contribution in [0.1, 0.15) is 43.9 Å². The lowest BCUT2D eigenvalue weighted by Gasteiger charge is -2.27. The fourth-order valence-corrected chi connectivity index (χ4v) is 5.27. The molecule has 0 saturated carbocycles. The van der Waals surface area contributed by atoms with Crippen molar-refractivity contribution in [3.8, 4) is 11.3 Å². The van der Waals surface area contributed by atoms with E-state index in [1.54, 1.807) is 33.0 Å². The zero-order valence-electron chi connectivity index (χ0n) is 24.3. The molecular weight excluding hydrogens is 541 g/mol. The molecule has 0 aliphatic heterocycles. The molecule has 0 radical (unpaired) electrons. The van der Waals surface area contributed by atoms with E-state index in [0.717, 1.165) is 16.6 Å². The molecule has 0 atom stereocenters. The van der Waals surface area contributed by atoms with Crippen LogP contribution >= 0.6 is 0 Å². The molecule has 5 rings (SSSR count). The maximum Gasteiger partial charge on any atom is 0.410 e. The number of ether oxygens (including phenoxy) is 1. The second kappa shape index (κ2) is 11.9. The molecule has 3 aromatic carbocycles. The minimum absolute atomic E-state index is 0.111. The number of hydrogen-bond acceptors (Lipinski definition) is 3. The highest BCUT2D eigenvalue weighted by Gasteiger charge is 2.24. The molecule has 220 valence electrons. The molecular formula is C33H35F3N4O2. The van der Waals surface area contributed by atoms with Gasteiger partial charge in [0.05, 0.1) is 36.1 Å². The topological polar surface area (TPSA) is 63.2 Å². The summed E-state index contributed by atoms with van der Waals surface area (Å²) >= 11 is 0. The molecule has 0 aliphatic rings. The number of carbonyl (C=O) groups is 1. The third kappa shape index (κ3) is 6.00. The summed E-state index contributed by atoms with van der Waals surface area (Å²) in [5.41, 5.74) is 3.80. The highest BCUT2D eigenvalue weighted by molar-refractivity contribution is 6.07. The Hall–Kier alpha value is -4.27. The standard InChI is InChI=1S/C33H35F3N4O2/c1-21-8-5-6-9-24(21)31-30(36)29-25-19-37-38-27(25)12-13-28(29)40(31)20-23-11-10-22(18-26(23)35)14-17-39(16-7-15-34)32(41)42-33(2,3)4/h5-6,8-13,18-19H,7,14-17,20H2,1-4H3,(H,37,38). The Bertz CT molecular complexity index is 1740. The van der Waals surface area contributed by atoms with Gasteiger partial charge in [-0.25, -0.2) is 13.6 Å². The summed E-state index contributed by atoms with van der Waals surface area (Å²) in [5, 5.41) is 8.09. The van der Waals surface area contributed by atoms with Crippen LogP contribution in [-0.4, -0.2) is 51.1 Å². The number of amides is 1. The zero-order chi connectivity index (χ0) is 30.0. The molecule has 6 nitrogen and oxygen atoms in total. The van der Waals surface area contributed by atoms with E-state index in [4.69, 9.17) is 4.74 Å². The smallest absolute Gasteiger partial charge is 0.410 e. The minimum Gasteiger partial charge on any atom is -0.444 e. The van der Waals surface area contributed by atoms with Crippen molar-refractivity contribution in [2.45, 2.75) is 52.7 Å². The Kier molecular flexibility index (Phi) is 8.29. The zero-order valence-corrected chi connectivity index (χ0v) is 24.3. The minimum atomic E-state index is -0.679. The van der Waals surface area contributed by atoms with E-state index < -0.39 is 24.2 Å². The van der Waals surface area contributed by atoms with Gasteiger partial charge in [-0.2, -0.15) is 5.10 Å². The van der Waals surface area contributed by atoms with E-state index in [1.807, 2.05) is 54.0 Å². The lowest BCUT2D eigenvalue weighted by molar-refractivity contribution is 0.0247. The van der Waals surface area contributed by atoms with Crippen LogP contribution in [0.5, 0.6) is 0 Å². The molecule has 0 bridgehead atoms. The molecule has 0 saturated heterocycles. The molecule has 0 aliphatic carbocycles. The predicted octanol–water partition coefficient (Wildman–Crippen LogP) is 7.96. The molecule has 2 aromatic heterocycles. The van der Waals surface area contributed by atoms with Gasteiger partial charge in [0.15, 0.2) is 5.82 Å². The van der Waals surface area contributed by atoms with Gasteiger partial charge in [-0.15, -0.1) is 0 Å². The number of aromatic nitrogens is 3. The molecule has 0 spiro atoms. The van der Waals surface area contributed by atoms with E-state index in [9.17, 15) is 9.18 Å². The van der Waals surface area contributed by atoms with E-state index >= 15 is 8.78 Å². The maximum absolute atomic E-state index is 16.2. The number of rotatable bonds is 9. The molecule has 0 fully saturated rings. The SMILES string of the molecule is Cc1ccccc1-c1c(F)c2c3cn[nH]c3ccc2n1Cc1ccc(CCN(CCCF)C(=O)OC(C)(C)C)cc1F. The first-order chi connectivity index (χ1) is 20.1. The summed E-state index contributed by atoms with van der Waals surface area (Å²) in [5.74, 6) is -0.804. The van der Waals surface area contributed by atoms with Gasteiger partial charge in [-0.3, -0.25) is 9.49 Å². The molecule has 2 heterocycles. The highest BCUT2D eigenvalue weighted by Crippen LogP contribution is 2.38. The maximum atomic E-state index is 16.2. The number of aryl methyl sites for hydroxylation is 1. The van der Waals surface area contributed by atoms with Crippen LogP contribution in [0.25, 0.3) is 33.1 Å². The molecule has 1 amide bonds. The van der Waals surface area contributed by atoms with Crippen LogP contribution in [0.4, 0.5) is 18.0 Å². The predicted molar refractivity (Wildman–Crippen MR) is 159 cm³/mol. The first-order valence-electron chi connectivity index (χ1n) is 14.1. The Morgan fingerprint density at radius 1 is 1.07 bits per heavy atom. The van der Waals surface area contributed by atoms with Crippen molar-refractivity contribution in [3.63, 3.8) is 0 Å². The van der Waals surface area contributed by atoms with Gasteiger partial charge in [0.25, 0.3) is 0 Å². The first-order valence-corrected chi connectivity index (χ1v) is 14.1. The van der Waals surface area contributed by atoms with Gasteiger partial charge in [0.2, 0.25) is 0 Å². The van der Waals surface area contributed by atoms with Crippen molar-refractivity contribution in [2.75, 3.05) is 19.8 Å². The number of halogens is 3. The largest absolute Gasteiger partial charge is 0.444 e. The molecule has 9 heteroatoms. The third-order valence-electron chi connectivity index (χ3n) is 7.32. The third-order valence-corrected chi connectivity index (χ3v) is 7.32. The Balaban J connectivity index is 1.46. The van der Waals surface area contributed by atoms with Crippen molar-refractivity contribution >= 4 is 27.9 Å². The number of carbonyl (C=O) groups excluding carboxylic acids is 1. The number of hydrogen-bond donors (Lipinski definition) is 1.